The highest BCUT2D eigenvalue weighted by Crippen LogP contribution is 2.24. The zero-order valence-corrected chi connectivity index (χ0v) is 17.8. The Kier molecular flexibility index (Phi) is 6.01. The van der Waals surface area contributed by atoms with Gasteiger partial charge in [-0.3, -0.25) is 9.48 Å². The first kappa shape index (κ1) is 21.3. The molecule has 3 rings (SSSR count). The molecule has 0 bridgehead atoms. The maximum absolute atomic E-state index is 12.8. The van der Waals surface area contributed by atoms with Crippen molar-refractivity contribution in [1.29, 1.82) is 0 Å². The predicted octanol–water partition coefficient (Wildman–Crippen LogP) is 1.30. The van der Waals surface area contributed by atoms with Crippen molar-refractivity contribution in [2.75, 3.05) is 32.8 Å². The van der Waals surface area contributed by atoms with E-state index in [1.165, 1.54) is 26.0 Å². The Labute approximate surface area is 173 Å². The van der Waals surface area contributed by atoms with E-state index in [0.29, 0.717) is 11.3 Å². The van der Waals surface area contributed by atoms with Gasteiger partial charge in [0.1, 0.15) is 5.15 Å². The number of carbonyl (C=O) groups excluding carboxylic acids is 2. The Bertz CT molecular complexity index is 1040. The second-order valence-corrected chi connectivity index (χ2v) is 8.64. The van der Waals surface area contributed by atoms with Gasteiger partial charge in [-0.2, -0.15) is 9.40 Å². The Morgan fingerprint density at radius 1 is 1.24 bits per heavy atom. The summed E-state index contributed by atoms with van der Waals surface area (Å²) in [6, 6.07) is 2.48. The fourth-order valence-electron chi connectivity index (χ4n) is 3.06. The second kappa shape index (κ2) is 8.17. The molecular formula is C17H21ClN4O6S. The average molecular weight is 445 g/mol. The fraction of sp³-hybridized carbons (Fsp3) is 0.471. The number of amides is 1. The lowest BCUT2D eigenvalue weighted by Crippen LogP contribution is -2.50. The van der Waals surface area contributed by atoms with Crippen molar-refractivity contribution in [2.24, 2.45) is 7.05 Å². The van der Waals surface area contributed by atoms with Gasteiger partial charge >= 0.3 is 5.97 Å². The molecule has 10 nitrogen and oxygen atoms in total. The number of esters is 1. The maximum atomic E-state index is 12.8. The summed E-state index contributed by atoms with van der Waals surface area (Å²) in [5.41, 5.74) is 0.829. The Morgan fingerprint density at radius 3 is 2.45 bits per heavy atom. The molecule has 1 saturated heterocycles. The smallest absolute Gasteiger partial charge is 0.374 e. The third-order valence-corrected chi connectivity index (χ3v) is 6.75. The molecule has 2 aromatic rings. The van der Waals surface area contributed by atoms with E-state index in [-0.39, 0.29) is 54.7 Å². The van der Waals surface area contributed by atoms with Crippen LogP contribution in [0.4, 0.5) is 0 Å². The lowest BCUT2D eigenvalue weighted by Gasteiger charge is -2.33. The highest BCUT2D eigenvalue weighted by atomic mass is 35.5. The number of nitrogens with zero attached hydrogens (tertiary/aromatic N) is 4. The van der Waals surface area contributed by atoms with Gasteiger partial charge in [-0.25, -0.2) is 13.2 Å². The van der Waals surface area contributed by atoms with Crippen molar-refractivity contribution in [3.05, 3.63) is 34.3 Å². The molecule has 3 heterocycles. The third kappa shape index (κ3) is 4.02. The molecule has 158 valence electrons. The predicted molar refractivity (Wildman–Crippen MR) is 102 cm³/mol. The molecule has 0 N–H and O–H groups in total. The molecule has 1 fully saturated rings. The summed E-state index contributed by atoms with van der Waals surface area (Å²) in [6.07, 6.45) is 0. The van der Waals surface area contributed by atoms with Crippen LogP contribution in [0.5, 0.6) is 0 Å². The first-order chi connectivity index (χ1) is 13.7. The molecule has 1 aliphatic heterocycles. The fourth-order valence-corrected chi connectivity index (χ4v) is 4.65. The number of aromatic nitrogens is 2. The number of rotatable bonds is 5. The molecule has 0 aliphatic carbocycles. The normalized spacial score (nSPS) is 15.5. The van der Waals surface area contributed by atoms with Crippen LogP contribution in [-0.4, -0.2) is 72.1 Å². The Hall–Kier alpha value is -2.37. The number of hydrogen-bond acceptors (Lipinski definition) is 7. The van der Waals surface area contributed by atoms with Gasteiger partial charge in [0.25, 0.3) is 15.9 Å². The first-order valence-electron chi connectivity index (χ1n) is 8.92. The molecule has 0 aromatic carbocycles. The lowest BCUT2D eigenvalue weighted by atomic mass is 10.2. The zero-order valence-electron chi connectivity index (χ0n) is 16.2. The van der Waals surface area contributed by atoms with Crippen molar-refractivity contribution in [2.45, 2.75) is 18.9 Å². The van der Waals surface area contributed by atoms with Crippen LogP contribution in [0, 0.1) is 6.92 Å². The van der Waals surface area contributed by atoms with Crippen molar-refractivity contribution < 1.29 is 27.2 Å². The Morgan fingerprint density at radius 2 is 1.90 bits per heavy atom. The van der Waals surface area contributed by atoms with Gasteiger partial charge in [-0.1, -0.05) is 11.6 Å². The number of halogens is 1. The van der Waals surface area contributed by atoms with Crippen LogP contribution >= 0.6 is 11.6 Å². The first-order valence-corrected chi connectivity index (χ1v) is 10.7. The SMILES string of the molecule is CCOC(=O)c1ccc(S(=O)(=O)N2CCN(C(=O)c3c(C)nn(C)c3Cl)CC2)o1. The summed E-state index contributed by atoms with van der Waals surface area (Å²) in [6.45, 7) is 4.03. The average Bonchev–Trinajstić information content (AvgIpc) is 3.27. The highest BCUT2D eigenvalue weighted by molar-refractivity contribution is 7.89. The van der Waals surface area contributed by atoms with E-state index in [1.54, 1.807) is 20.9 Å². The summed E-state index contributed by atoms with van der Waals surface area (Å²) in [7, 11) is -2.29. The van der Waals surface area contributed by atoms with E-state index >= 15 is 0 Å². The molecule has 29 heavy (non-hydrogen) atoms. The minimum atomic E-state index is -3.94. The number of piperazine rings is 1. The quantitative estimate of drug-likeness (QED) is 0.638. The van der Waals surface area contributed by atoms with Crippen LogP contribution in [0.25, 0.3) is 0 Å². The summed E-state index contributed by atoms with van der Waals surface area (Å²) in [5, 5.41) is 4.03. The molecule has 0 spiro atoms. The highest BCUT2D eigenvalue weighted by Gasteiger charge is 2.34. The van der Waals surface area contributed by atoms with Crippen LogP contribution < -0.4 is 0 Å². The number of carbonyl (C=O) groups is 2. The monoisotopic (exact) mass is 444 g/mol. The van der Waals surface area contributed by atoms with Gasteiger partial charge in [0.15, 0.2) is 0 Å². The lowest BCUT2D eigenvalue weighted by molar-refractivity contribution is 0.0483. The van der Waals surface area contributed by atoms with Crippen LogP contribution in [0.3, 0.4) is 0 Å². The van der Waals surface area contributed by atoms with E-state index in [0.717, 1.165) is 0 Å². The maximum Gasteiger partial charge on any atom is 0.374 e. The van der Waals surface area contributed by atoms with Crippen molar-refractivity contribution in [1.82, 2.24) is 19.0 Å². The van der Waals surface area contributed by atoms with E-state index in [1.807, 2.05) is 0 Å². The number of furan rings is 1. The molecule has 0 atom stereocenters. The van der Waals surface area contributed by atoms with E-state index < -0.39 is 16.0 Å². The molecule has 1 aliphatic rings. The molecule has 1 amide bonds. The van der Waals surface area contributed by atoms with Crippen molar-refractivity contribution >= 4 is 33.5 Å². The van der Waals surface area contributed by atoms with Gasteiger partial charge in [0.05, 0.1) is 17.9 Å². The van der Waals surface area contributed by atoms with Gasteiger partial charge in [-0.15, -0.1) is 0 Å². The summed E-state index contributed by atoms with van der Waals surface area (Å²) in [4.78, 5) is 26.0. The van der Waals surface area contributed by atoms with Gasteiger partial charge in [0.2, 0.25) is 10.9 Å². The van der Waals surface area contributed by atoms with Crippen LogP contribution in [0.1, 0.15) is 33.5 Å². The van der Waals surface area contributed by atoms with Crippen molar-refractivity contribution in [3.8, 4) is 0 Å². The van der Waals surface area contributed by atoms with E-state index in [9.17, 15) is 18.0 Å². The number of sulfonamides is 1. The van der Waals surface area contributed by atoms with Crippen molar-refractivity contribution in [3.63, 3.8) is 0 Å². The van der Waals surface area contributed by atoms with Gasteiger partial charge in [0, 0.05) is 33.2 Å². The van der Waals surface area contributed by atoms with E-state index in [2.05, 4.69) is 5.10 Å². The second-order valence-electron chi connectivity index (χ2n) is 6.41. The third-order valence-electron chi connectivity index (χ3n) is 4.54. The standard InChI is InChI=1S/C17H21ClN4O6S/c1-4-27-17(24)12-5-6-13(28-12)29(25,26)22-9-7-21(8-10-22)16(23)14-11(2)19-20(3)15(14)18/h5-6H,4,7-10H2,1-3H3. The molecule has 2 aromatic heterocycles. The van der Waals surface area contributed by atoms with Crippen LogP contribution in [-0.2, 0) is 21.8 Å². The minimum absolute atomic E-state index is 0.0838. The summed E-state index contributed by atoms with van der Waals surface area (Å²) < 4.78 is 38.2. The molecule has 0 unspecified atom stereocenters. The largest absolute Gasteiger partial charge is 0.460 e. The number of ether oxygens (including phenoxy) is 1. The van der Waals surface area contributed by atoms with Crippen LogP contribution in [0.2, 0.25) is 5.15 Å². The van der Waals surface area contributed by atoms with E-state index in [4.69, 9.17) is 20.8 Å². The zero-order chi connectivity index (χ0) is 21.3. The minimum Gasteiger partial charge on any atom is -0.460 e. The molecule has 0 saturated carbocycles. The van der Waals surface area contributed by atoms with Crippen LogP contribution in [0.15, 0.2) is 21.6 Å². The van der Waals surface area contributed by atoms with Gasteiger partial charge in [-0.05, 0) is 26.0 Å². The Balaban J connectivity index is 1.70. The van der Waals surface area contributed by atoms with Gasteiger partial charge < -0.3 is 14.1 Å². The topological polar surface area (TPSA) is 115 Å². The number of hydrogen-bond donors (Lipinski definition) is 0. The molecular weight excluding hydrogens is 424 g/mol. The summed E-state index contributed by atoms with van der Waals surface area (Å²) in [5.74, 6) is -1.20. The number of aryl methyl sites for hydroxylation is 2. The molecule has 12 heteroatoms. The summed E-state index contributed by atoms with van der Waals surface area (Å²) >= 11 is 6.16. The molecule has 0 radical (unpaired) electrons.